The molecule has 3 heterocycles. The lowest BCUT2D eigenvalue weighted by molar-refractivity contribution is 0.0917. The number of hydrogen-bond donors (Lipinski definition) is 4. The predicted octanol–water partition coefficient (Wildman–Crippen LogP) is 2.81. The molecule has 2 saturated heterocycles. The standard InChI is InChI=1S/C17H25N3O3.C5H8N4.C2H6/c18-15-4-1-2-5-16(15)23-17(21)20-9-6-14(7-10-20)19-8-3-12-22-13-11-19;6-3-1-2-4(7)9-5(3)8;1-2/h1-2,4-5,14H,3,6-13,18H2;1-2H,6H2,(H4,7,8,9);1-2H3. The van der Waals surface area contributed by atoms with Crippen LogP contribution in [0.5, 0.6) is 5.75 Å². The Balaban J connectivity index is 0.000000311. The first kappa shape index (κ1) is 27.0. The van der Waals surface area contributed by atoms with Crippen molar-refractivity contribution in [3.8, 4) is 5.75 Å². The fourth-order valence-electron chi connectivity index (χ4n) is 3.78. The van der Waals surface area contributed by atoms with Crippen molar-refractivity contribution in [2.24, 2.45) is 0 Å². The Hall–Kier alpha value is -3.24. The van der Waals surface area contributed by atoms with Gasteiger partial charge in [-0.1, -0.05) is 26.0 Å². The van der Waals surface area contributed by atoms with Gasteiger partial charge in [0.15, 0.2) is 5.75 Å². The average Bonchev–Trinajstić information content (AvgIpc) is 3.15. The van der Waals surface area contributed by atoms with Gasteiger partial charge in [-0.25, -0.2) is 9.78 Å². The normalized spacial score (nSPS) is 16.8. The number of ether oxygens (including phenoxy) is 2. The third-order valence-corrected chi connectivity index (χ3v) is 5.59. The smallest absolute Gasteiger partial charge is 0.408 e. The van der Waals surface area contributed by atoms with Crippen molar-refractivity contribution in [3.63, 3.8) is 0 Å². The fourth-order valence-corrected chi connectivity index (χ4v) is 3.78. The lowest BCUT2D eigenvalue weighted by atomic mass is 10.0. The van der Waals surface area contributed by atoms with Gasteiger partial charge in [0.25, 0.3) is 0 Å². The van der Waals surface area contributed by atoms with E-state index in [0.717, 1.165) is 58.7 Å². The molecule has 34 heavy (non-hydrogen) atoms. The van der Waals surface area contributed by atoms with Gasteiger partial charge in [-0.3, -0.25) is 4.90 Å². The Labute approximate surface area is 202 Å². The number of benzene rings is 1. The lowest BCUT2D eigenvalue weighted by Crippen LogP contribution is -2.48. The van der Waals surface area contributed by atoms with Crippen molar-refractivity contribution >= 4 is 29.1 Å². The fraction of sp³-hybridized carbons (Fsp3) is 0.500. The largest absolute Gasteiger partial charge is 0.415 e. The second kappa shape index (κ2) is 14.1. The van der Waals surface area contributed by atoms with Gasteiger partial charge in [0, 0.05) is 38.8 Å². The van der Waals surface area contributed by atoms with Crippen LogP contribution in [0.1, 0.15) is 33.1 Å². The number of piperidine rings is 1. The molecule has 0 spiro atoms. The summed E-state index contributed by atoms with van der Waals surface area (Å²) in [5.41, 5.74) is 22.7. The molecule has 1 aromatic heterocycles. The molecule has 1 aromatic carbocycles. The highest BCUT2D eigenvalue weighted by molar-refractivity contribution is 5.73. The van der Waals surface area contributed by atoms with Crippen LogP contribution < -0.4 is 27.7 Å². The number of pyridine rings is 1. The quantitative estimate of drug-likeness (QED) is 0.481. The molecule has 2 aromatic rings. The molecule has 0 saturated carbocycles. The number of nitrogens with two attached hydrogens (primary N) is 4. The monoisotopic (exact) mass is 473 g/mol. The predicted molar refractivity (Wildman–Crippen MR) is 137 cm³/mol. The molecule has 10 heteroatoms. The summed E-state index contributed by atoms with van der Waals surface area (Å²) in [6, 6.07) is 10.9. The van der Waals surface area contributed by atoms with Gasteiger partial charge in [0.2, 0.25) is 0 Å². The first-order valence-electron chi connectivity index (χ1n) is 11.8. The van der Waals surface area contributed by atoms with Gasteiger partial charge in [-0.2, -0.15) is 0 Å². The summed E-state index contributed by atoms with van der Waals surface area (Å²) < 4.78 is 10.9. The van der Waals surface area contributed by atoms with Crippen molar-refractivity contribution in [3.05, 3.63) is 36.4 Å². The van der Waals surface area contributed by atoms with Crippen molar-refractivity contribution in [2.75, 3.05) is 62.3 Å². The van der Waals surface area contributed by atoms with E-state index in [4.69, 9.17) is 32.4 Å². The summed E-state index contributed by atoms with van der Waals surface area (Å²) >= 11 is 0. The molecule has 2 aliphatic heterocycles. The van der Waals surface area contributed by atoms with Crippen LogP contribution in [0.3, 0.4) is 0 Å². The molecule has 0 bridgehead atoms. The Morgan fingerprint density at radius 1 is 0.941 bits per heavy atom. The van der Waals surface area contributed by atoms with Gasteiger partial charge in [0.1, 0.15) is 11.6 Å². The van der Waals surface area contributed by atoms with Gasteiger partial charge < -0.3 is 37.3 Å². The molecule has 10 nitrogen and oxygen atoms in total. The number of hydrogen-bond acceptors (Lipinski definition) is 9. The Bertz CT molecular complexity index is 881. The zero-order valence-corrected chi connectivity index (χ0v) is 20.3. The molecular weight excluding hydrogens is 434 g/mol. The summed E-state index contributed by atoms with van der Waals surface area (Å²) in [6.45, 7) is 9.22. The molecule has 0 aliphatic carbocycles. The van der Waals surface area contributed by atoms with Crippen molar-refractivity contribution in [1.29, 1.82) is 0 Å². The zero-order chi connectivity index (χ0) is 24.9. The van der Waals surface area contributed by atoms with Crippen LogP contribution in [-0.2, 0) is 4.74 Å². The highest BCUT2D eigenvalue weighted by Gasteiger charge is 2.28. The van der Waals surface area contributed by atoms with Crippen LogP contribution in [0.25, 0.3) is 0 Å². The minimum Gasteiger partial charge on any atom is -0.408 e. The number of rotatable bonds is 2. The minimum absolute atomic E-state index is 0.287. The molecular formula is C24H39N7O3. The van der Waals surface area contributed by atoms with E-state index in [0.29, 0.717) is 29.0 Å². The molecule has 2 fully saturated rings. The second-order valence-corrected chi connectivity index (χ2v) is 7.84. The maximum Gasteiger partial charge on any atom is 0.415 e. The van der Waals surface area contributed by atoms with Gasteiger partial charge in [-0.05, 0) is 43.5 Å². The molecule has 0 unspecified atom stereocenters. The number of likely N-dealkylation sites (tertiary alicyclic amines) is 1. The third-order valence-electron chi connectivity index (χ3n) is 5.59. The Morgan fingerprint density at radius 3 is 2.29 bits per heavy atom. The number of carbonyl (C=O) groups is 1. The molecule has 0 atom stereocenters. The molecule has 8 N–H and O–H groups in total. The highest BCUT2D eigenvalue weighted by atomic mass is 16.6. The number of anilines is 4. The third kappa shape index (κ3) is 8.27. The maximum absolute atomic E-state index is 12.3. The average molecular weight is 474 g/mol. The summed E-state index contributed by atoms with van der Waals surface area (Å²) in [4.78, 5) is 20.3. The van der Waals surface area contributed by atoms with E-state index < -0.39 is 0 Å². The second-order valence-electron chi connectivity index (χ2n) is 7.84. The van der Waals surface area contributed by atoms with E-state index in [1.807, 2.05) is 26.0 Å². The lowest BCUT2D eigenvalue weighted by Gasteiger charge is -2.37. The van der Waals surface area contributed by atoms with Crippen LogP contribution in [0, 0.1) is 0 Å². The number of nitrogen functional groups attached to an aromatic ring is 4. The van der Waals surface area contributed by atoms with Crippen LogP contribution in [0.15, 0.2) is 36.4 Å². The summed E-state index contributed by atoms with van der Waals surface area (Å²) in [6.07, 6.45) is 2.76. The van der Waals surface area contributed by atoms with Crippen LogP contribution in [0.2, 0.25) is 0 Å². The minimum atomic E-state index is -0.305. The Kier molecular flexibility index (Phi) is 11.2. The van der Waals surface area contributed by atoms with E-state index >= 15 is 0 Å². The number of nitrogens with zero attached hydrogens (tertiary/aromatic N) is 3. The Morgan fingerprint density at radius 2 is 1.65 bits per heavy atom. The maximum atomic E-state index is 12.3. The topological polar surface area (TPSA) is 159 Å². The van der Waals surface area contributed by atoms with Gasteiger partial charge in [-0.15, -0.1) is 0 Å². The molecule has 2 aliphatic rings. The molecule has 4 rings (SSSR count). The van der Waals surface area contributed by atoms with Crippen LogP contribution in [-0.4, -0.2) is 66.3 Å². The van der Waals surface area contributed by atoms with Crippen molar-refractivity contribution in [2.45, 2.75) is 39.2 Å². The van der Waals surface area contributed by atoms with Crippen LogP contribution in [0.4, 0.5) is 27.8 Å². The van der Waals surface area contributed by atoms with E-state index in [1.54, 1.807) is 29.2 Å². The van der Waals surface area contributed by atoms with E-state index in [9.17, 15) is 4.79 Å². The number of amides is 1. The van der Waals surface area contributed by atoms with E-state index in [2.05, 4.69) is 9.88 Å². The summed E-state index contributed by atoms with van der Waals surface area (Å²) in [5.74, 6) is 1.11. The first-order valence-corrected chi connectivity index (χ1v) is 11.8. The van der Waals surface area contributed by atoms with Gasteiger partial charge in [0.05, 0.1) is 18.0 Å². The molecule has 188 valence electrons. The molecule has 1 amide bonds. The van der Waals surface area contributed by atoms with E-state index in [-0.39, 0.29) is 11.9 Å². The van der Waals surface area contributed by atoms with Crippen molar-refractivity contribution < 1.29 is 14.3 Å². The zero-order valence-electron chi connectivity index (χ0n) is 20.3. The number of aromatic nitrogens is 1. The van der Waals surface area contributed by atoms with E-state index in [1.165, 1.54) is 0 Å². The van der Waals surface area contributed by atoms with Gasteiger partial charge >= 0.3 is 6.09 Å². The highest BCUT2D eigenvalue weighted by Crippen LogP contribution is 2.23. The van der Waals surface area contributed by atoms with Crippen LogP contribution >= 0.6 is 0 Å². The van der Waals surface area contributed by atoms with Crippen molar-refractivity contribution in [1.82, 2.24) is 14.8 Å². The summed E-state index contributed by atoms with van der Waals surface area (Å²) in [5, 5.41) is 0. The first-order chi connectivity index (χ1) is 16.4. The summed E-state index contributed by atoms with van der Waals surface area (Å²) in [7, 11) is 0. The number of carbonyl (C=O) groups excluding carboxylic acids is 1. The molecule has 0 radical (unpaired) electrons. The number of para-hydroxylation sites is 2. The SMILES string of the molecule is CC.Nc1ccc(N)c(N)n1.Nc1ccccc1OC(=O)N1CCC(N2CCCOCC2)CC1.